The number of halogens is 2. The zero-order valence-corrected chi connectivity index (χ0v) is 10.7. The maximum atomic E-state index is 13.4. The van der Waals surface area contributed by atoms with Crippen molar-refractivity contribution < 1.29 is 8.78 Å². The van der Waals surface area contributed by atoms with Gasteiger partial charge in [-0.2, -0.15) is 11.8 Å². The van der Waals surface area contributed by atoms with Gasteiger partial charge in [0.1, 0.15) is 5.82 Å². The molecule has 0 bridgehead atoms. The second-order valence-electron chi connectivity index (χ2n) is 4.33. The highest BCUT2D eigenvalue weighted by atomic mass is 32.2. The van der Waals surface area contributed by atoms with Crippen molar-refractivity contribution >= 4 is 23.1 Å². The van der Waals surface area contributed by atoms with Crippen molar-refractivity contribution in [1.29, 1.82) is 0 Å². The highest BCUT2D eigenvalue weighted by molar-refractivity contribution is 8.00. The van der Waals surface area contributed by atoms with Crippen LogP contribution in [0.15, 0.2) is 12.1 Å². The quantitative estimate of drug-likeness (QED) is 0.785. The maximum absolute atomic E-state index is 13.4. The van der Waals surface area contributed by atoms with Crippen molar-refractivity contribution in [2.75, 3.05) is 22.9 Å². The summed E-state index contributed by atoms with van der Waals surface area (Å²) in [7, 11) is 0. The maximum Gasteiger partial charge on any atom is 0.151 e. The first-order valence-corrected chi connectivity index (χ1v) is 6.68. The molecule has 1 aliphatic heterocycles. The predicted octanol–water partition coefficient (Wildman–Crippen LogP) is 2.88. The van der Waals surface area contributed by atoms with E-state index in [1.165, 1.54) is 6.07 Å². The van der Waals surface area contributed by atoms with E-state index in [1.54, 1.807) is 0 Å². The smallest absolute Gasteiger partial charge is 0.151 e. The van der Waals surface area contributed by atoms with Crippen molar-refractivity contribution in [3.63, 3.8) is 0 Å². The van der Waals surface area contributed by atoms with Crippen LogP contribution in [-0.4, -0.2) is 23.6 Å². The lowest BCUT2D eigenvalue weighted by molar-refractivity contribution is 0.578. The fourth-order valence-electron chi connectivity index (χ4n) is 2.08. The molecule has 94 valence electrons. The van der Waals surface area contributed by atoms with E-state index >= 15 is 0 Å². The van der Waals surface area contributed by atoms with E-state index in [0.29, 0.717) is 10.9 Å². The molecule has 2 N–H and O–H groups in total. The van der Waals surface area contributed by atoms with Gasteiger partial charge in [-0.25, -0.2) is 8.78 Å². The van der Waals surface area contributed by atoms with Gasteiger partial charge < -0.3 is 10.6 Å². The highest BCUT2D eigenvalue weighted by Gasteiger charge is 2.27. The van der Waals surface area contributed by atoms with Gasteiger partial charge in [-0.1, -0.05) is 6.92 Å². The second kappa shape index (κ2) is 4.72. The van der Waals surface area contributed by atoms with Crippen LogP contribution in [0.3, 0.4) is 0 Å². The monoisotopic (exact) mass is 258 g/mol. The van der Waals surface area contributed by atoms with E-state index in [9.17, 15) is 8.78 Å². The van der Waals surface area contributed by atoms with E-state index in [1.807, 2.05) is 16.7 Å². The Hall–Kier alpha value is -0.970. The van der Waals surface area contributed by atoms with Gasteiger partial charge in [0.15, 0.2) is 5.82 Å². The Morgan fingerprint density at radius 1 is 1.35 bits per heavy atom. The van der Waals surface area contributed by atoms with E-state index in [0.717, 1.165) is 18.4 Å². The molecule has 1 aromatic rings. The van der Waals surface area contributed by atoms with Crippen LogP contribution in [0.1, 0.15) is 13.8 Å². The Morgan fingerprint density at radius 2 is 2.06 bits per heavy atom. The van der Waals surface area contributed by atoms with Gasteiger partial charge in [-0.3, -0.25) is 0 Å². The number of thioether (sulfide) groups is 1. The number of nitrogens with two attached hydrogens (primary N) is 1. The summed E-state index contributed by atoms with van der Waals surface area (Å²) in [6, 6.07) is 2.36. The van der Waals surface area contributed by atoms with Gasteiger partial charge >= 0.3 is 0 Å². The van der Waals surface area contributed by atoms with E-state index in [2.05, 4.69) is 13.8 Å². The molecule has 0 radical (unpaired) electrons. The fourth-order valence-corrected chi connectivity index (χ4v) is 3.18. The minimum atomic E-state index is -0.682. The minimum absolute atomic E-state index is 0.0392. The third-order valence-corrected chi connectivity index (χ3v) is 4.60. The molecule has 1 saturated heterocycles. The molecule has 0 saturated carbocycles. The van der Waals surface area contributed by atoms with Crippen LogP contribution in [0.25, 0.3) is 0 Å². The van der Waals surface area contributed by atoms with E-state index in [-0.39, 0.29) is 11.7 Å². The molecule has 5 heteroatoms. The normalized spacial score (nSPS) is 25.1. The molecular weight excluding hydrogens is 242 g/mol. The molecule has 0 amide bonds. The van der Waals surface area contributed by atoms with Gasteiger partial charge in [-0.15, -0.1) is 0 Å². The Balaban J connectivity index is 2.39. The standard InChI is InChI=1S/C12H16F2N2S/c1-7-8(2)17-4-3-16(7)11-6-9(13)5-10(14)12(11)15/h5-8H,3-4,15H2,1-2H3. The number of anilines is 2. The summed E-state index contributed by atoms with van der Waals surface area (Å²) in [5.74, 6) is -0.314. The fraction of sp³-hybridized carbons (Fsp3) is 0.500. The summed E-state index contributed by atoms with van der Waals surface area (Å²) in [4.78, 5) is 1.99. The minimum Gasteiger partial charge on any atom is -0.395 e. The summed E-state index contributed by atoms with van der Waals surface area (Å²) < 4.78 is 26.7. The van der Waals surface area contributed by atoms with Gasteiger partial charge in [0.2, 0.25) is 0 Å². The van der Waals surface area contributed by atoms with E-state index in [4.69, 9.17) is 5.73 Å². The molecule has 2 rings (SSSR count). The first kappa shape index (κ1) is 12.5. The lowest BCUT2D eigenvalue weighted by atomic mass is 10.1. The second-order valence-corrected chi connectivity index (χ2v) is 5.82. The van der Waals surface area contributed by atoms with Crippen LogP contribution in [0.5, 0.6) is 0 Å². The van der Waals surface area contributed by atoms with Gasteiger partial charge in [0, 0.05) is 29.7 Å². The van der Waals surface area contributed by atoms with Crippen LogP contribution >= 0.6 is 11.8 Å². The summed E-state index contributed by atoms with van der Waals surface area (Å²) in [6.45, 7) is 4.94. The third-order valence-electron chi connectivity index (χ3n) is 3.27. The van der Waals surface area contributed by atoms with Crippen LogP contribution in [-0.2, 0) is 0 Å². The van der Waals surface area contributed by atoms with Crippen molar-refractivity contribution in [2.24, 2.45) is 0 Å². The molecular formula is C12H16F2N2S. The SMILES string of the molecule is CC1SCCN(c2cc(F)cc(F)c2N)C1C. The van der Waals surface area contributed by atoms with Gasteiger partial charge in [0.05, 0.1) is 11.4 Å². The molecule has 2 atom stereocenters. The lowest BCUT2D eigenvalue weighted by Crippen LogP contribution is -2.45. The number of hydrogen-bond donors (Lipinski definition) is 1. The summed E-state index contributed by atoms with van der Waals surface area (Å²) >= 11 is 1.87. The first-order valence-electron chi connectivity index (χ1n) is 5.63. The number of nitrogen functional groups attached to an aromatic ring is 1. The molecule has 0 spiro atoms. The predicted molar refractivity (Wildman–Crippen MR) is 69.5 cm³/mol. The Bertz CT molecular complexity index is 425. The van der Waals surface area contributed by atoms with Crippen molar-refractivity contribution in [3.05, 3.63) is 23.8 Å². The molecule has 0 aliphatic carbocycles. The molecule has 2 unspecified atom stereocenters. The largest absolute Gasteiger partial charge is 0.395 e. The van der Waals surface area contributed by atoms with Crippen molar-refractivity contribution in [1.82, 2.24) is 0 Å². The van der Waals surface area contributed by atoms with Crippen molar-refractivity contribution in [2.45, 2.75) is 25.1 Å². The average molecular weight is 258 g/mol. The van der Waals surface area contributed by atoms with E-state index < -0.39 is 11.6 Å². The molecule has 2 nitrogen and oxygen atoms in total. The number of hydrogen-bond acceptors (Lipinski definition) is 3. The van der Waals surface area contributed by atoms with Crippen molar-refractivity contribution in [3.8, 4) is 0 Å². The summed E-state index contributed by atoms with van der Waals surface area (Å²) in [6.07, 6.45) is 0. The number of rotatable bonds is 1. The Labute approximate surface area is 104 Å². The third kappa shape index (κ3) is 2.34. The first-order chi connectivity index (χ1) is 8.00. The molecule has 1 heterocycles. The highest BCUT2D eigenvalue weighted by Crippen LogP contribution is 2.34. The van der Waals surface area contributed by atoms with Crippen LogP contribution < -0.4 is 10.6 Å². The molecule has 1 aliphatic rings. The van der Waals surface area contributed by atoms with Gasteiger partial charge in [0.25, 0.3) is 0 Å². The lowest BCUT2D eigenvalue weighted by Gasteiger charge is -2.39. The molecule has 1 fully saturated rings. The van der Waals surface area contributed by atoms with Crippen LogP contribution in [0.4, 0.5) is 20.2 Å². The topological polar surface area (TPSA) is 29.3 Å². The Morgan fingerprint density at radius 3 is 2.76 bits per heavy atom. The zero-order chi connectivity index (χ0) is 12.6. The summed E-state index contributed by atoms with van der Waals surface area (Å²) in [5, 5.41) is 0.425. The number of nitrogens with zero attached hydrogens (tertiary/aromatic N) is 1. The average Bonchev–Trinajstić information content (AvgIpc) is 2.27. The van der Waals surface area contributed by atoms with Crippen LogP contribution in [0, 0.1) is 11.6 Å². The Kier molecular flexibility index (Phi) is 3.47. The van der Waals surface area contributed by atoms with Gasteiger partial charge in [-0.05, 0) is 13.0 Å². The summed E-state index contributed by atoms with van der Waals surface area (Å²) in [5.41, 5.74) is 6.21. The van der Waals surface area contributed by atoms with Crippen LogP contribution in [0.2, 0.25) is 0 Å². The number of benzene rings is 1. The zero-order valence-electron chi connectivity index (χ0n) is 9.91. The molecule has 1 aromatic carbocycles. The molecule has 17 heavy (non-hydrogen) atoms. The molecule has 0 aromatic heterocycles.